The smallest absolute Gasteiger partial charge is 0.253 e. The molecule has 0 aliphatic heterocycles. The van der Waals surface area contributed by atoms with Gasteiger partial charge in [0.2, 0.25) is 0 Å². The molecule has 0 aliphatic rings. The topological polar surface area (TPSA) is 54.0 Å². The number of hydrogen-bond donors (Lipinski definition) is 2. The second kappa shape index (κ2) is 8.27. The molecule has 0 saturated carbocycles. The third-order valence-electron chi connectivity index (χ3n) is 3.42. The maximum Gasteiger partial charge on any atom is 0.253 e. The van der Waals surface area contributed by atoms with E-state index in [2.05, 4.69) is 29.5 Å². The number of anilines is 1. The van der Waals surface area contributed by atoms with Crippen molar-refractivity contribution in [2.24, 2.45) is 5.92 Å². The quantitative estimate of drug-likeness (QED) is 0.820. The number of amides is 1. The van der Waals surface area contributed by atoms with Gasteiger partial charge in [-0.25, -0.2) is 9.37 Å². The van der Waals surface area contributed by atoms with Gasteiger partial charge in [-0.3, -0.25) is 4.79 Å². The Kier molecular flexibility index (Phi) is 6.09. The zero-order valence-electron chi connectivity index (χ0n) is 13.5. The minimum absolute atomic E-state index is 0.199. The van der Waals surface area contributed by atoms with Crippen molar-refractivity contribution in [1.82, 2.24) is 10.3 Å². The fourth-order valence-corrected chi connectivity index (χ4v) is 2.01. The number of aromatic nitrogens is 1. The van der Waals surface area contributed by atoms with Gasteiger partial charge in [-0.05, 0) is 42.2 Å². The number of benzene rings is 1. The molecule has 0 fully saturated rings. The summed E-state index contributed by atoms with van der Waals surface area (Å²) < 4.78 is 12.8. The lowest BCUT2D eigenvalue weighted by atomic mass is 10.1. The molecule has 0 atom stereocenters. The molecular formula is C18H22FN3O. The van der Waals surface area contributed by atoms with Crippen LogP contribution in [0.3, 0.4) is 0 Å². The number of carbonyl (C=O) groups excluding carboxylic acids is 1. The molecule has 2 rings (SSSR count). The van der Waals surface area contributed by atoms with Gasteiger partial charge in [-0.2, -0.15) is 0 Å². The average molecular weight is 315 g/mol. The van der Waals surface area contributed by atoms with E-state index in [1.807, 2.05) is 0 Å². The summed E-state index contributed by atoms with van der Waals surface area (Å²) in [7, 11) is 0. The highest BCUT2D eigenvalue weighted by atomic mass is 19.1. The molecule has 2 N–H and O–H groups in total. The van der Waals surface area contributed by atoms with E-state index in [1.165, 1.54) is 12.1 Å². The maximum atomic E-state index is 12.8. The maximum absolute atomic E-state index is 12.8. The fraction of sp³-hybridized carbons (Fsp3) is 0.333. The van der Waals surface area contributed by atoms with Gasteiger partial charge < -0.3 is 10.6 Å². The molecule has 0 aliphatic carbocycles. The van der Waals surface area contributed by atoms with Crippen LogP contribution in [0.25, 0.3) is 0 Å². The van der Waals surface area contributed by atoms with Crippen molar-refractivity contribution in [3.63, 3.8) is 0 Å². The number of carbonyl (C=O) groups is 1. The van der Waals surface area contributed by atoms with Gasteiger partial charge in [0.1, 0.15) is 11.6 Å². The number of pyridine rings is 1. The number of nitrogens with zero attached hydrogens (tertiary/aromatic N) is 1. The van der Waals surface area contributed by atoms with Crippen LogP contribution in [-0.2, 0) is 6.54 Å². The normalized spacial score (nSPS) is 10.6. The van der Waals surface area contributed by atoms with Crippen molar-refractivity contribution < 1.29 is 9.18 Å². The molecule has 0 saturated heterocycles. The minimum Gasteiger partial charge on any atom is -0.370 e. The van der Waals surface area contributed by atoms with Gasteiger partial charge in [-0.15, -0.1) is 0 Å². The van der Waals surface area contributed by atoms with E-state index in [0.717, 1.165) is 24.3 Å². The largest absolute Gasteiger partial charge is 0.370 e. The first-order chi connectivity index (χ1) is 11.0. The molecule has 1 amide bonds. The van der Waals surface area contributed by atoms with E-state index in [4.69, 9.17) is 0 Å². The molecule has 0 spiro atoms. The van der Waals surface area contributed by atoms with Gasteiger partial charge in [0.05, 0.1) is 5.56 Å². The van der Waals surface area contributed by atoms with Crippen LogP contribution in [0.4, 0.5) is 10.2 Å². The van der Waals surface area contributed by atoms with Crippen molar-refractivity contribution in [3.05, 3.63) is 59.5 Å². The second-order valence-corrected chi connectivity index (χ2v) is 5.85. The van der Waals surface area contributed by atoms with Crippen LogP contribution in [0.15, 0.2) is 42.6 Å². The number of hydrogen-bond acceptors (Lipinski definition) is 3. The third kappa shape index (κ3) is 5.70. The Morgan fingerprint density at radius 1 is 1.17 bits per heavy atom. The SMILES string of the molecule is CC(C)CCNc1ccc(C(=O)NCc2ccc(F)cc2)cn1. The third-order valence-corrected chi connectivity index (χ3v) is 3.42. The lowest BCUT2D eigenvalue weighted by Crippen LogP contribution is -2.23. The Hall–Kier alpha value is -2.43. The van der Waals surface area contributed by atoms with Gasteiger partial charge in [0, 0.05) is 19.3 Å². The highest BCUT2D eigenvalue weighted by Crippen LogP contribution is 2.07. The Labute approximate surface area is 136 Å². The van der Waals surface area contributed by atoms with Gasteiger partial charge in [-0.1, -0.05) is 26.0 Å². The standard InChI is InChI=1S/C18H22FN3O/c1-13(2)9-10-20-17-8-5-15(12-21-17)18(23)22-11-14-3-6-16(19)7-4-14/h3-8,12-13H,9-11H2,1-2H3,(H,20,21)(H,22,23). The van der Waals surface area contributed by atoms with E-state index < -0.39 is 0 Å². The first-order valence-electron chi connectivity index (χ1n) is 7.77. The molecule has 2 aromatic rings. The van der Waals surface area contributed by atoms with Crippen LogP contribution in [0.5, 0.6) is 0 Å². The highest BCUT2D eigenvalue weighted by molar-refractivity contribution is 5.93. The van der Waals surface area contributed by atoms with Crippen molar-refractivity contribution in [1.29, 1.82) is 0 Å². The van der Waals surface area contributed by atoms with Crippen LogP contribution in [0.2, 0.25) is 0 Å². The van der Waals surface area contributed by atoms with Crippen molar-refractivity contribution >= 4 is 11.7 Å². The molecular weight excluding hydrogens is 293 g/mol. The summed E-state index contributed by atoms with van der Waals surface area (Å²) in [6.45, 7) is 5.56. The van der Waals surface area contributed by atoms with Crippen LogP contribution >= 0.6 is 0 Å². The van der Waals surface area contributed by atoms with Crippen molar-refractivity contribution in [3.8, 4) is 0 Å². The molecule has 1 heterocycles. The van der Waals surface area contributed by atoms with Gasteiger partial charge in [0.25, 0.3) is 5.91 Å². The molecule has 5 heteroatoms. The summed E-state index contributed by atoms with van der Waals surface area (Å²) in [6, 6.07) is 9.59. The lowest BCUT2D eigenvalue weighted by molar-refractivity contribution is 0.0950. The molecule has 0 unspecified atom stereocenters. The predicted molar refractivity (Wildman–Crippen MR) is 89.8 cm³/mol. The number of halogens is 1. The van der Waals surface area contributed by atoms with Crippen LogP contribution < -0.4 is 10.6 Å². The van der Waals surface area contributed by atoms with Gasteiger partial charge >= 0.3 is 0 Å². The van der Waals surface area contributed by atoms with Crippen LogP contribution in [-0.4, -0.2) is 17.4 Å². The summed E-state index contributed by atoms with van der Waals surface area (Å²) in [5, 5.41) is 6.02. The summed E-state index contributed by atoms with van der Waals surface area (Å²) >= 11 is 0. The molecule has 1 aromatic heterocycles. The van der Waals surface area contributed by atoms with Crippen LogP contribution in [0, 0.1) is 11.7 Å². The molecule has 23 heavy (non-hydrogen) atoms. The molecule has 1 aromatic carbocycles. The monoisotopic (exact) mass is 315 g/mol. The van der Waals surface area contributed by atoms with E-state index in [-0.39, 0.29) is 11.7 Å². The van der Waals surface area contributed by atoms with Gasteiger partial charge in [0.15, 0.2) is 0 Å². The Balaban J connectivity index is 1.83. The average Bonchev–Trinajstić information content (AvgIpc) is 2.54. The molecule has 0 bridgehead atoms. The first kappa shape index (κ1) is 16.9. The zero-order chi connectivity index (χ0) is 16.7. The predicted octanol–water partition coefficient (Wildman–Crippen LogP) is 3.61. The summed E-state index contributed by atoms with van der Waals surface area (Å²) in [6.07, 6.45) is 2.62. The lowest BCUT2D eigenvalue weighted by Gasteiger charge is -2.09. The molecule has 4 nitrogen and oxygen atoms in total. The Morgan fingerprint density at radius 3 is 2.52 bits per heavy atom. The number of nitrogens with one attached hydrogen (secondary N) is 2. The van der Waals surface area contributed by atoms with Crippen molar-refractivity contribution in [2.45, 2.75) is 26.8 Å². The summed E-state index contributed by atoms with van der Waals surface area (Å²) in [5.41, 5.74) is 1.35. The van der Waals surface area contributed by atoms with E-state index >= 15 is 0 Å². The van der Waals surface area contributed by atoms with Crippen LogP contribution in [0.1, 0.15) is 36.2 Å². The fourth-order valence-electron chi connectivity index (χ4n) is 2.01. The van der Waals surface area contributed by atoms with E-state index in [9.17, 15) is 9.18 Å². The van der Waals surface area contributed by atoms with E-state index in [1.54, 1.807) is 30.5 Å². The summed E-state index contributed by atoms with van der Waals surface area (Å²) in [4.78, 5) is 16.3. The minimum atomic E-state index is -0.287. The molecule has 122 valence electrons. The Bertz CT molecular complexity index is 624. The number of rotatable bonds is 7. The summed E-state index contributed by atoms with van der Waals surface area (Å²) in [5.74, 6) is 0.917. The second-order valence-electron chi connectivity index (χ2n) is 5.85. The van der Waals surface area contributed by atoms with Crippen molar-refractivity contribution in [2.75, 3.05) is 11.9 Å². The van der Waals surface area contributed by atoms with E-state index in [0.29, 0.717) is 18.0 Å². The first-order valence-corrected chi connectivity index (χ1v) is 7.77. The zero-order valence-corrected chi connectivity index (χ0v) is 13.5. The molecule has 0 radical (unpaired) electrons. The highest BCUT2D eigenvalue weighted by Gasteiger charge is 2.06. The Morgan fingerprint density at radius 2 is 1.91 bits per heavy atom.